The van der Waals surface area contributed by atoms with Gasteiger partial charge >= 0.3 is 6.03 Å². The number of halogens is 5. The van der Waals surface area contributed by atoms with Crippen molar-refractivity contribution in [3.63, 3.8) is 0 Å². The highest BCUT2D eigenvalue weighted by Crippen LogP contribution is 2.20. The second-order valence-electron chi connectivity index (χ2n) is 5.43. The minimum atomic E-state index is -1.50. The van der Waals surface area contributed by atoms with Gasteiger partial charge in [-0.25, -0.2) is 22.4 Å². The Labute approximate surface area is 155 Å². The molecule has 2 N–H and O–H groups in total. The van der Waals surface area contributed by atoms with Gasteiger partial charge in [-0.2, -0.15) is 5.10 Å². The van der Waals surface area contributed by atoms with Crippen molar-refractivity contribution in [2.45, 2.75) is 6.54 Å². The Hall–Kier alpha value is -3.07. The fourth-order valence-electron chi connectivity index (χ4n) is 2.25. The highest BCUT2D eigenvalue weighted by atomic mass is 35.5. The first-order chi connectivity index (χ1) is 12.8. The zero-order valence-electron chi connectivity index (χ0n) is 13.4. The van der Waals surface area contributed by atoms with Crippen molar-refractivity contribution in [1.82, 2.24) is 9.78 Å². The van der Waals surface area contributed by atoms with Crippen molar-refractivity contribution in [3.05, 3.63) is 76.5 Å². The second kappa shape index (κ2) is 7.67. The minimum Gasteiger partial charge on any atom is -0.308 e. The Morgan fingerprint density at radius 3 is 2.26 bits per heavy atom. The van der Waals surface area contributed by atoms with E-state index in [1.54, 1.807) is 24.3 Å². The van der Waals surface area contributed by atoms with Crippen LogP contribution in [-0.2, 0) is 6.54 Å². The first-order valence-electron chi connectivity index (χ1n) is 7.52. The van der Waals surface area contributed by atoms with Gasteiger partial charge in [0, 0.05) is 29.0 Å². The number of hydrogen-bond acceptors (Lipinski definition) is 2. The molecule has 3 aromatic rings. The van der Waals surface area contributed by atoms with E-state index in [1.807, 2.05) is 0 Å². The van der Waals surface area contributed by atoms with E-state index in [9.17, 15) is 22.4 Å². The van der Waals surface area contributed by atoms with Crippen molar-refractivity contribution in [2.24, 2.45) is 0 Å². The number of carbonyl (C=O) groups excluding carboxylic acids is 1. The standard InChI is InChI=1S/C17H11ClF4N4O/c18-9-1-3-10(4-2-9)23-17(27)24-14-5-6-26(25-14)8-11-15(21)12(19)7-13(20)16(11)22/h1-7H,8H2,(H2,23,24,25,27). The lowest BCUT2D eigenvalue weighted by Gasteiger charge is -2.07. The smallest absolute Gasteiger partial charge is 0.308 e. The average Bonchev–Trinajstić information content (AvgIpc) is 3.06. The maximum absolute atomic E-state index is 13.7. The van der Waals surface area contributed by atoms with Gasteiger partial charge in [0.25, 0.3) is 0 Å². The summed E-state index contributed by atoms with van der Waals surface area (Å²) in [6.07, 6.45) is 1.29. The van der Waals surface area contributed by atoms with Crippen LogP contribution in [0.1, 0.15) is 5.56 Å². The van der Waals surface area contributed by atoms with Gasteiger partial charge in [-0.05, 0) is 24.3 Å². The zero-order valence-corrected chi connectivity index (χ0v) is 14.2. The summed E-state index contributed by atoms with van der Waals surface area (Å²) in [5.41, 5.74) is -0.330. The molecule has 5 nitrogen and oxygen atoms in total. The molecule has 0 saturated carbocycles. The predicted molar refractivity (Wildman–Crippen MR) is 91.7 cm³/mol. The highest BCUT2D eigenvalue weighted by molar-refractivity contribution is 6.30. The van der Waals surface area contributed by atoms with E-state index < -0.39 is 41.4 Å². The van der Waals surface area contributed by atoms with Crippen LogP contribution in [0.3, 0.4) is 0 Å². The predicted octanol–water partition coefficient (Wildman–Crippen LogP) is 4.79. The van der Waals surface area contributed by atoms with Gasteiger partial charge in [-0.1, -0.05) is 11.6 Å². The molecule has 0 saturated heterocycles. The molecule has 140 valence electrons. The molecule has 27 heavy (non-hydrogen) atoms. The van der Waals surface area contributed by atoms with E-state index >= 15 is 0 Å². The van der Waals surface area contributed by atoms with Crippen molar-refractivity contribution in [2.75, 3.05) is 10.6 Å². The number of carbonyl (C=O) groups is 1. The molecule has 0 fully saturated rings. The lowest BCUT2D eigenvalue weighted by atomic mass is 10.2. The van der Waals surface area contributed by atoms with Crippen molar-refractivity contribution in [3.8, 4) is 0 Å². The highest BCUT2D eigenvalue weighted by Gasteiger charge is 2.19. The molecule has 0 bridgehead atoms. The molecule has 0 unspecified atom stereocenters. The number of amides is 2. The van der Waals surface area contributed by atoms with E-state index in [0.717, 1.165) is 4.68 Å². The van der Waals surface area contributed by atoms with Gasteiger partial charge in [0.2, 0.25) is 0 Å². The monoisotopic (exact) mass is 398 g/mol. The van der Waals surface area contributed by atoms with Crippen LogP contribution in [0.5, 0.6) is 0 Å². The van der Waals surface area contributed by atoms with Crippen molar-refractivity contribution >= 4 is 29.1 Å². The van der Waals surface area contributed by atoms with Gasteiger partial charge in [0.15, 0.2) is 29.1 Å². The number of hydrogen-bond donors (Lipinski definition) is 2. The number of nitrogens with zero attached hydrogens (tertiary/aromatic N) is 2. The molecule has 0 aliphatic carbocycles. The van der Waals surface area contributed by atoms with Gasteiger partial charge in [0.05, 0.1) is 12.1 Å². The summed E-state index contributed by atoms with van der Waals surface area (Å²) in [6, 6.07) is 7.23. The minimum absolute atomic E-state index is 0.0687. The molecule has 0 radical (unpaired) electrons. The molecule has 2 amide bonds. The lowest BCUT2D eigenvalue weighted by molar-refractivity contribution is 0.262. The third-order valence-corrected chi connectivity index (χ3v) is 3.76. The Balaban J connectivity index is 1.68. The normalized spacial score (nSPS) is 10.7. The largest absolute Gasteiger partial charge is 0.324 e. The Morgan fingerprint density at radius 2 is 1.63 bits per heavy atom. The quantitative estimate of drug-likeness (QED) is 0.490. The van der Waals surface area contributed by atoms with Gasteiger partial charge in [-0.15, -0.1) is 0 Å². The maximum Gasteiger partial charge on any atom is 0.324 e. The molecule has 0 atom stereocenters. The second-order valence-corrected chi connectivity index (χ2v) is 5.87. The number of nitrogens with one attached hydrogen (secondary N) is 2. The molecule has 2 aromatic carbocycles. The zero-order chi connectivity index (χ0) is 19.6. The third-order valence-electron chi connectivity index (χ3n) is 3.51. The van der Waals surface area contributed by atoms with E-state index in [0.29, 0.717) is 10.7 Å². The molecule has 0 spiro atoms. The van der Waals surface area contributed by atoms with Gasteiger partial charge in [-0.3, -0.25) is 10.00 Å². The maximum atomic E-state index is 13.7. The van der Waals surface area contributed by atoms with Crippen molar-refractivity contribution in [1.29, 1.82) is 0 Å². The Bertz CT molecular complexity index is 965. The number of rotatable bonds is 4. The molecule has 3 rings (SSSR count). The van der Waals surface area contributed by atoms with Crippen LogP contribution in [0.15, 0.2) is 42.6 Å². The molecular weight excluding hydrogens is 388 g/mol. The van der Waals surface area contributed by atoms with Crippen molar-refractivity contribution < 1.29 is 22.4 Å². The van der Waals surface area contributed by atoms with E-state index in [-0.39, 0.29) is 11.9 Å². The Morgan fingerprint density at radius 1 is 1.00 bits per heavy atom. The number of urea groups is 1. The lowest BCUT2D eigenvalue weighted by Crippen LogP contribution is -2.20. The van der Waals surface area contributed by atoms with Gasteiger partial charge in [0.1, 0.15) is 0 Å². The number of anilines is 2. The summed E-state index contributed by atoms with van der Waals surface area (Å²) >= 11 is 5.75. The summed E-state index contributed by atoms with van der Waals surface area (Å²) in [5, 5.41) is 9.34. The molecule has 0 aliphatic heterocycles. The number of aromatic nitrogens is 2. The number of benzene rings is 2. The average molecular weight is 399 g/mol. The van der Waals surface area contributed by atoms with Crippen LogP contribution in [0.2, 0.25) is 5.02 Å². The van der Waals surface area contributed by atoms with Crippen LogP contribution in [0.25, 0.3) is 0 Å². The van der Waals surface area contributed by atoms with E-state index in [2.05, 4.69) is 15.7 Å². The van der Waals surface area contributed by atoms with Crippen LogP contribution in [0, 0.1) is 23.3 Å². The van der Waals surface area contributed by atoms with E-state index in [1.165, 1.54) is 12.3 Å². The summed E-state index contributed by atoms with van der Waals surface area (Å²) in [5.74, 6) is -5.94. The fourth-order valence-corrected chi connectivity index (χ4v) is 2.38. The SMILES string of the molecule is O=C(Nc1ccc(Cl)cc1)Nc1ccn(Cc2c(F)c(F)cc(F)c2F)n1. The van der Waals surface area contributed by atoms with Crippen LogP contribution >= 0.6 is 11.6 Å². The van der Waals surface area contributed by atoms with E-state index in [4.69, 9.17) is 11.6 Å². The van der Waals surface area contributed by atoms with Crippen LogP contribution in [0.4, 0.5) is 33.9 Å². The summed E-state index contributed by atoms with van der Waals surface area (Å²) in [7, 11) is 0. The first-order valence-corrected chi connectivity index (χ1v) is 7.90. The first kappa shape index (κ1) is 18.7. The Kier molecular flexibility index (Phi) is 5.31. The molecular formula is C17H11ClF4N4O. The van der Waals surface area contributed by atoms with Crippen LogP contribution in [-0.4, -0.2) is 15.8 Å². The molecule has 10 heteroatoms. The summed E-state index contributed by atoms with van der Waals surface area (Å²) in [4.78, 5) is 11.9. The fraction of sp³-hybridized carbons (Fsp3) is 0.0588. The topological polar surface area (TPSA) is 59.0 Å². The molecule has 0 aliphatic rings. The third kappa shape index (κ3) is 4.37. The van der Waals surface area contributed by atoms with Gasteiger partial charge < -0.3 is 5.32 Å². The molecule has 1 heterocycles. The summed E-state index contributed by atoms with van der Waals surface area (Å²) in [6.45, 7) is -0.563. The summed E-state index contributed by atoms with van der Waals surface area (Å²) < 4.78 is 54.9. The molecule has 1 aromatic heterocycles. The van der Waals surface area contributed by atoms with Crippen LogP contribution < -0.4 is 10.6 Å².